The summed E-state index contributed by atoms with van der Waals surface area (Å²) in [5.41, 5.74) is 1.38. The highest BCUT2D eigenvalue weighted by Gasteiger charge is 2.42. The van der Waals surface area contributed by atoms with Crippen LogP contribution in [-0.2, 0) is 6.42 Å². The second-order valence-electron chi connectivity index (χ2n) is 6.63. The van der Waals surface area contributed by atoms with E-state index in [0.29, 0.717) is 6.04 Å². The van der Waals surface area contributed by atoms with Gasteiger partial charge in [-0.1, -0.05) is 25.5 Å². The van der Waals surface area contributed by atoms with E-state index in [4.69, 9.17) is 0 Å². The van der Waals surface area contributed by atoms with Gasteiger partial charge in [0.05, 0.1) is 4.92 Å². The predicted molar refractivity (Wildman–Crippen MR) is 83.2 cm³/mol. The van der Waals surface area contributed by atoms with Crippen LogP contribution in [0.3, 0.4) is 0 Å². The molecular weight excluding hydrogens is 264 g/mol. The Bertz CT molecular complexity index is 500. The fraction of sp³-hybridized carbons (Fsp3) is 0.647. The number of non-ortho nitro benzene ring substituents is 1. The first kappa shape index (κ1) is 14.5. The molecule has 4 heteroatoms. The maximum atomic E-state index is 10.7. The molecule has 2 aliphatic rings. The minimum absolute atomic E-state index is 0.179. The van der Waals surface area contributed by atoms with Crippen molar-refractivity contribution in [2.45, 2.75) is 45.1 Å². The van der Waals surface area contributed by atoms with Gasteiger partial charge in [0.15, 0.2) is 0 Å². The molecule has 21 heavy (non-hydrogen) atoms. The molecule has 4 unspecified atom stereocenters. The first-order chi connectivity index (χ1) is 10.2. The third-order valence-electron chi connectivity index (χ3n) is 5.38. The molecule has 4 atom stereocenters. The van der Waals surface area contributed by atoms with Gasteiger partial charge in [-0.15, -0.1) is 0 Å². The van der Waals surface area contributed by atoms with Crippen molar-refractivity contribution >= 4 is 5.69 Å². The van der Waals surface area contributed by atoms with Crippen LogP contribution in [0.2, 0.25) is 0 Å². The fourth-order valence-corrected chi connectivity index (χ4v) is 4.43. The van der Waals surface area contributed by atoms with Crippen molar-refractivity contribution in [3.8, 4) is 0 Å². The molecule has 1 N–H and O–H groups in total. The highest BCUT2D eigenvalue weighted by molar-refractivity contribution is 5.33. The first-order valence-corrected chi connectivity index (χ1v) is 8.14. The van der Waals surface area contributed by atoms with Crippen molar-refractivity contribution in [3.05, 3.63) is 39.9 Å². The van der Waals surface area contributed by atoms with Gasteiger partial charge < -0.3 is 5.32 Å². The molecule has 2 aliphatic carbocycles. The number of rotatable bonds is 6. The number of fused-ring (bicyclic) bond motifs is 2. The van der Waals surface area contributed by atoms with Gasteiger partial charge in [0.25, 0.3) is 5.69 Å². The Morgan fingerprint density at radius 1 is 1.29 bits per heavy atom. The number of nitrogens with one attached hydrogen (secondary N) is 1. The van der Waals surface area contributed by atoms with Crippen molar-refractivity contribution in [1.82, 2.24) is 5.32 Å². The zero-order valence-electron chi connectivity index (χ0n) is 12.6. The van der Waals surface area contributed by atoms with Gasteiger partial charge in [0.1, 0.15) is 0 Å². The Labute approximate surface area is 126 Å². The quantitative estimate of drug-likeness (QED) is 0.643. The first-order valence-electron chi connectivity index (χ1n) is 8.14. The van der Waals surface area contributed by atoms with Crippen LogP contribution in [0.15, 0.2) is 24.3 Å². The summed E-state index contributed by atoms with van der Waals surface area (Å²) in [4.78, 5) is 10.4. The van der Waals surface area contributed by atoms with Crippen LogP contribution in [0, 0.1) is 27.9 Å². The van der Waals surface area contributed by atoms with Crippen LogP contribution < -0.4 is 5.32 Å². The summed E-state index contributed by atoms with van der Waals surface area (Å²) >= 11 is 0. The zero-order valence-corrected chi connectivity index (χ0v) is 12.6. The molecular formula is C17H24N2O2. The van der Waals surface area contributed by atoms with Gasteiger partial charge in [-0.2, -0.15) is 0 Å². The maximum Gasteiger partial charge on any atom is 0.269 e. The molecule has 0 spiro atoms. The molecule has 1 aromatic rings. The van der Waals surface area contributed by atoms with Crippen molar-refractivity contribution < 1.29 is 4.92 Å². The summed E-state index contributed by atoms with van der Waals surface area (Å²) in [6.07, 6.45) is 6.61. The Hall–Kier alpha value is -1.42. The smallest absolute Gasteiger partial charge is 0.269 e. The Morgan fingerprint density at radius 2 is 2.05 bits per heavy atom. The van der Waals surface area contributed by atoms with E-state index in [1.807, 2.05) is 12.1 Å². The van der Waals surface area contributed by atoms with E-state index in [9.17, 15) is 10.1 Å². The van der Waals surface area contributed by atoms with E-state index in [-0.39, 0.29) is 10.6 Å². The van der Waals surface area contributed by atoms with Gasteiger partial charge in [0, 0.05) is 18.2 Å². The van der Waals surface area contributed by atoms with Crippen molar-refractivity contribution in [1.29, 1.82) is 0 Å². The summed E-state index contributed by atoms with van der Waals surface area (Å²) in [5, 5.41) is 14.4. The molecule has 0 saturated heterocycles. The average molecular weight is 288 g/mol. The highest BCUT2D eigenvalue weighted by atomic mass is 16.6. The number of likely N-dealkylation sites (N-methyl/N-ethyl adjacent to an activating group) is 1. The van der Waals surface area contributed by atoms with Gasteiger partial charge in [-0.3, -0.25) is 10.1 Å². The number of benzene rings is 1. The second-order valence-corrected chi connectivity index (χ2v) is 6.63. The number of hydrogen-bond acceptors (Lipinski definition) is 3. The van der Waals surface area contributed by atoms with Gasteiger partial charge in [-0.05, 0) is 55.5 Å². The van der Waals surface area contributed by atoms with Crippen molar-refractivity contribution in [2.75, 3.05) is 6.54 Å². The van der Waals surface area contributed by atoms with Crippen LogP contribution in [0.25, 0.3) is 0 Å². The van der Waals surface area contributed by atoms with E-state index in [1.54, 1.807) is 12.1 Å². The van der Waals surface area contributed by atoms with Crippen LogP contribution in [0.4, 0.5) is 5.69 Å². The summed E-state index contributed by atoms with van der Waals surface area (Å²) < 4.78 is 0. The molecule has 0 heterocycles. The minimum atomic E-state index is -0.332. The Balaban J connectivity index is 1.68. The Morgan fingerprint density at radius 3 is 2.57 bits per heavy atom. The van der Waals surface area contributed by atoms with Gasteiger partial charge >= 0.3 is 0 Å². The van der Waals surface area contributed by atoms with E-state index < -0.39 is 0 Å². The predicted octanol–water partition coefficient (Wildman–Crippen LogP) is 3.55. The standard InChI is InChI=1S/C17H24N2O2/c1-2-18-17(16-10-13-3-6-14(16)9-13)11-12-4-7-15(8-5-12)19(20)21/h4-5,7-8,13-14,16-18H,2-3,6,9-11H2,1H3. The monoisotopic (exact) mass is 288 g/mol. The minimum Gasteiger partial charge on any atom is -0.314 e. The number of nitro groups is 1. The topological polar surface area (TPSA) is 55.2 Å². The van der Waals surface area contributed by atoms with Crippen molar-refractivity contribution in [2.24, 2.45) is 17.8 Å². The van der Waals surface area contributed by atoms with Crippen LogP contribution in [-0.4, -0.2) is 17.5 Å². The van der Waals surface area contributed by atoms with E-state index >= 15 is 0 Å². The summed E-state index contributed by atoms with van der Waals surface area (Å²) in [6, 6.07) is 7.59. The lowest BCUT2D eigenvalue weighted by Gasteiger charge is -2.31. The normalized spacial score (nSPS) is 28.7. The largest absolute Gasteiger partial charge is 0.314 e. The Kier molecular flexibility index (Phi) is 4.24. The van der Waals surface area contributed by atoms with Gasteiger partial charge in [-0.25, -0.2) is 0 Å². The molecule has 0 aliphatic heterocycles. The average Bonchev–Trinajstić information content (AvgIpc) is 3.10. The summed E-state index contributed by atoms with van der Waals surface area (Å²) in [5.74, 6) is 2.65. The third kappa shape index (κ3) is 3.10. The lowest BCUT2D eigenvalue weighted by atomic mass is 9.81. The molecule has 3 rings (SSSR count). The zero-order chi connectivity index (χ0) is 14.8. The number of nitro benzene ring substituents is 1. The van der Waals surface area contributed by atoms with E-state index in [1.165, 1.54) is 31.2 Å². The van der Waals surface area contributed by atoms with E-state index in [0.717, 1.165) is 30.7 Å². The molecule has 0 amide bonds. The molecule has 2 bridgehead atoms. The molecule has 1 aromatic carbocycles. The molecule has 0 radical (unpaired) electrons. The van der Waals surface area contributed by atoms with Crippen molar-refractivity contribution in [3.63, 3.8) is 0 Å². The summed E-state index contributed by atoms with van der Waals surface area (Å²) in [7, 11) is 0. The molecule has 0 aromatic heterocycles. The third-order valence-corrected chi connectivity index (χ3v) is 5.38. The summed E-state index contributed by atoms with van der Waals surface area (Å²) in [6.45, 7) is 3.15. The SMILES string of the molecule is CCNC(Cc1ccc([N+](=O)[O-])cc1)C1CC2CCC1C2. The van der Waals surface area contributed by atoms with Crippen LogP contribution >= 0.6 is 0 Å². The maximum absolute atomic E-state index is 10.7. The lowest BCUT2D eigenvalue weighted by Crippen LogP contribution is -2.40. The van der Waals surface area contributed by atoms with Gasteiger partial charge in [0.2, 0.25) is 0 Å². The second kappa shape index (κ2) is 6.14. The molecule has 4 nitrogen and oxygen atoms in total. The van der Waals surface area contributed by atoms with Crippen LogP contribution in [0.1, 0.15) is 38.2 Å². The number of nitrogens with zero attached hydrogens (tertiary/aromatic N) is 1. The number of hydrogen-bond donors (Lipinski definition) is 1. The highest BCUT2D eigenvalue weighted by Crippen LogP contribution is 2.49. The lowest BCUT2D eigenvalue weighted by molar-refractivity contribution is -0.384. The molecule has 114 valence electrons. The fourth-order valence-electron chi connectivity index (χ4n) is 4.43. The van der Waals surface area contributed by atoms with E-state index in [2.05, 4.69) is 12.2 Å². The molecule has 2 fully saturated rings. The molecule has 2 saturated carbocycles. The van der Waals surface area contributed by atoms with Crippen LogP contribution in [0.5, 0.6) is 0 Å².